The van der Waals surface area contributed by atoms with Gasteiger partial charge in [-0.25, -0.2) is 0 Å². The number of hydrogen-bond acceptors (Lipinski definition) is 2. The second-order valence-electron chi connectivity index (χ2n) is 6.40. The monoisotopic (exact) mass is 298 g/mol. The summed E-state index contributed by atoms with van der Waals surface area (Å²) in [7, 11) is 0. The maximum atomic E-state index is 12.2. The van der Waals surface area contributed by atoms with Crippen molar-refractivity contribution in [1.29, 1.82) is 0 Å². The van der Waals surface area contributed by atoms with E-state index in [2.05, 4.69) is 20.8 Å². The fourth-order valence-corrected chi connectivity index (χ4v) is 2.66. The minimum absolute atomic E-state index is 0.294. The summed E-state index contributed by atoms with van der Waals surface area (Å²) in [5.74, 6) is 0.307. The summed E-state index contributed by atoms with van der Waals surface area (Å²) in [5, 5.41) is 0. The fraction of sp³-hybridized carbons (Fsp3) is 0.944. The molecule has 2 N–H and O–H groups in total. The predicted octanol–water partition coefficient (Wildman–Crippen LogP) is 4.49. The van der Waals surface area contributed by atoms with Crippen molar-refractivity contribution in [3.8, 4) is 0 Å². The van der Waals surface area contributed by atoms with Gasteiger partial charge in [-0.05, 0) is 33.2 Å². The van der Waals surface area contributed by atoms with Gasteiger partial charge in [-0.2, -0.15) is 0 Å². The minimum atomic E-state index is 0.294. The number of hydrogen-bond donors (Lipinski definition) is 1. The molecule has 3 heteroatoms. The van der Waals surface area contributed by atoms with Crippen LogP contribution in [0.15, 0.2) is 0 Å². The molecule has 0 fully saturated rings. The van der Waals surface area contributed by atoms with E-state index < -0.39 is 0 Å². The van der Waals surface area contributed by atoms with Crippen LogP contribution in [0.25, 0.3) is 0 Å². The molecule has 0 unspecified atom stereocenters. The summed E-state index contributed by atoms with van der Waals surface area (Å²) in [5.41, 5.74) is 5.54. The Hall–Kier alpha value is -0.570. The maximum Gasteiger partial charge on any atom is 0.222 e. The molecular formula is C18H38N2O. The van der Waals surface area contributed by atoms with Crippen molar-refractivity contribution in [2.24, 2.45) is 5.73 Å². The first-order valence-corrected chi connectivity index (χ1v) is 9.13. The van der Waals surface area contributed by atoms with Crippen LogP contribution in [0.4, 0.5) is 0 Å². The zero-order valence-corrected chi connectivity index (χ0v) is 14.7. The minimum Gasteiger partial charge on any atom is -0.340 e. The predicted molar refractivity (Wildman–Crippen MR) is 92.4 cm³/mol. The largest absolute Gasteiger partial charge is 0.340 e. The highest BCUT2D eigenvalue weighted by Gasteiger charge is 2.15. The number of amides is 1. The molecule has 0 aliphatic carbocycles. The standard InChI is InChI=1S/C18H38N2O/c1-4-5-6-7-8-9-10-11-12-14-18(21)20(17(2)3)16-13-15-19/h17H,4-16,19H2,1-3H3. The van der Waals surface area contributed by atoms with Gasteiger partial charge in [0.2, 0.25) is 5.91 Å². The Labute approximate surface area is 132 Å². The van der Waals surface area contributed by atoms with E-state index in [1.54, 1.807) is 0 Å². The Kier molecular flexibility index (Phi) is 14.0. The molecule has 0 spiro atoms. The molecule has 0 aromatic heterocycles. The van der Waals surface area contributed by atoms with Crippen molar-refractivity contribution >= 4 is 5.91 Å². The van der Waals surface area contributed by atoms with Gasteiger partial charge in [0.15, 0.2) is 0 Å². The van der Waals surface area contributed by atoms with Crippen LogP contribution in [0.2, 0.25) is 0 Å². The van der Waals surface area contributed by atoms with Crippen LogP contribution in [-0.2, 0) is 4.79 Å². The summed E-state index contributed by atoms with van der Waals surface area (Å²) in [4.78, 5) is 14.2. The van der Waals surface area contributed by atoms with Crippen LogP contribution in [0.3, 0.4) is 0 Å². The zero-order valence-electron chi connectivity index (χ0n) is 14.7. The molecule has 0 aliphatic rings. The summed E-state index contributed by atoms with van der Waals surface area (Å²) in [6.45, 7) is 7.90. The van der Waals surface area contributed by atoms with E-state index in [1.807, 2.05) is 4.90 Å². The third-order valence-corrected chi connectivity index (χ3v) is 4.04. The van der Waals surface area contributed by atoms with Gasteiger partial charge in [-0.15, -0.1) is 0 Å². The van der Waals surface area contributed by atoms with Crippen molar-refractivity contribution in [3.05, 3.63) is 0 Å². The van der Waals surface area contributed by atoms with E-state index in [-0.39, 0.29) is 0 Å². The molecule has 3 nitrogen and oxygen atoms in total. The van der Waals surface area contributed by atoms with Gasteiger partial charge in [0.1, 0.15) is 0 Å². The second-order valence-corrected chi connectivity index (χ2v) is 6.40. The molecule has 126 valence electrons. The van der Waals surface area contributed by atoms with Crippen LogP contribution in [0.1, 0.15) is 91.4 Å². The van der Waals surface area contributed by atoms with Crippen molar-refractivity contribution < 1.29 is 4.79 Å². The van der Waals surface area contributed by atoms with Gasteiger partial charge in [-0.1, -0.05) is 58.3 Å². The van der Waals surface area contributed by atoms with E-state index in [1.165, 1.54) is 51.4 Å². The molecule has 0 saturated heterocycles. The van der Waals surface area contributed by atoms with E-state index >= 15 is 0 Å². The first kappa shape index (κ1) is 20.4. The van der Waals surface area contributed by atoms with Gasteiger partial charge in [-0.3, -0.25) is 4.79 Å². The molecule has 0 aromatic rings. The normalized spacial score (nSPS) is 11.1. The SMILES string of the molecule is CCCCCCCCCCCC(=O)N(CCCN)C(C)C. The molecule has 0 saturated carbocycles. The molecular weight excluding hydrogens is 260 g/mol. The Morgan fingerprint density at radius 1 is 0.905 bits per heavy atom. The summed E-state index contributed by atoms with van der Waals surface area (Å²) >= 11 is 0. The van der Waals surface area contributed by atoms with Crippen LogP contribution in [0, 0.1) is 0 Å². The Balaban J connectivity index is 3.58. The number of unbranched alkanes of at least 4 members (excludes halogenated alkanes) is 8. The zero-order chi connectivity index (χ0) is 15.9. The van der Waals surface area contributed by atoms with Crippen LogP contribution in [0.5, 0.6) is 0 Å². The third kappa shape index (κ3) is 11.7. The third-order valence-electron chi connectivity index (χ3n) is 4.04. The lowest BCUT2D eigenvalue weighted by molar-refractivity contribution is -0.133. The van der Waals surface area contributed by atoms with E-state index in [0.717, 1.165) is 19.4 Å². The average Bonchev–Trinajstić information content (AvgIpc) is 2.45. The van der Waals surface area contributed by atoms with Gasteiger partial charge in [0, 0.05) is 19.0 Å². The fourth-order valence-electron chi connectivity index (χ4n) is 2.66. The van der Waals surface area contributed by atoms with Crippen LogP contribution in [-0.4, -0.2) is 29.9 Å². The molecule has 0 atom stereocenters. The second kappa shape index (κ2) is 14.4. The van der Waals surface area contributed by atoms with Gasteiger partial charge in [0.05, 0.1) is 0 Å². The van der Waals surface area contributed by atoms with Crippen LogP contribution >= 0.6 is 0 Å². The lowest BCUT2D eigenvalue weighted by atomic mass is 10.1. The van der Waals surface area contributed by atoms with Crippen molar-refractivity contribution in [3.63, 3.8) is 0 Å². The maximum absolute atomic E-state index is 12.2. The lowest BCUT2D eigenvalue weighted by Crippen LogP contribution is -2.38. The highest BCUT2D eigenvalue weighted by Crippen LogP contribution is 2.12. The van der Waals surface area contributed by atoms with Crippen LogP contribution < -0.4 is 5.73 Å². The number of rotatable bonds is 14. The number of nitrogens with zero attached hydrogens (tertiary/aromatic N) is 1. The first-order chi connectivity index (χ1) is 10.1. The van der Waals surface area contributed by atoms with Gasteiger partial charge >= 0.3 is 0 Å². The summed E-state index contributed by atoms with van der Waals surface area (Å²) in [6.07, 6.45) is 13.3. The topological polar surface area (TPSA) is 46.3 Å². The number of carbonyl (C=O) groups is 1. The van der Waals surface area contributed by atoms with E-state index in [9.17, 15) is 4.79 Å². The molecule has 0 aromatic carbocycles. The molecule has 21 heavy (non-hydrogen) atoms. The number of carbonyl (C=O) groups excluding carboxylic acids is 1. The van der Waals surface area contributed by atoms with E-state index in [4.69, 9.17) is 5.73 Å². The quantitative estimate of drug-likeness (QED) is 0.480. The summed E-state index contributed by atoms with van der Waals surface area (Å²) in [6, 6.07) is 0.294. The molecule has 0 rings (SSSR count). The highest BCUT2D eigenvalue weighted by molar-refractivity contribution is 5.76. The average molecular weight is 299 g/mol. The van der Waals surface area contributed by atoms with Crippen molar-refractivity contribution in [2.45, 2.75) is 97.4 Å². The Morgan fingerprint density at radius 2 is 1.43 bits per heavy atom. The summed E-state index contributed by atoms with van der Waals surface area (Å²) < 4.78 is 0. The molecule has 0 aliphatic heterocycles. The number of nitrogens with two attached hydrogens (primary N) is 1. The van der Waals surface area contributed by atoms with Gasteiger partial charge in [0.25, 0.3) is 0 Å². The smallest absolute Gasteiger partial charge is 0.222 e. The molecule has 0 heterocycles. The van der Waals surface area contributed by atoms with Crippen molar-refractivity contribution in [1.82, 2.24) is 4.90 Å². The van der Waals surface area contributed by atoms with Crippen molar-refractivity contribution in [2.75, 3.05) is 13.1 Å². The lowest BCUT2D eigenvalue weighted by Gasteiger charge is -2.26. The van der Waals surface area contributed by atoms with Gasteiger partial charge < -0.3 is 10.6 Å². The Morgan fingerprint density at radius 3 is 1.90 bits per heavy atom. The highest BCUT2D eigenvalue weighted by atomic mass is 16.2. The first-order valence-electron chi connectivity index (χ1n) is 9.13. The molecule has 0 bridgehead atoms. The molecule has 1 amide bonds. The molecule has 0 radical (unpaired) electrons. The van der Waals surface area contributed by atoms with E-state index in [0.29, 0.717) is 24.9 Å². The Bertz CT molecular complexity index is 241.